The minimum absolute atomic E-state index is 0.301. The molecule has 1 atom stereocenters. The SMILES string of the molecule is Cc1ccsc1C(N)C1CCCCC1. The second-order valence-corrected chi connectivity index (χ2v) is 5.34. The van der Waals surface area contributed by atoms with Crippen molar-refractivity contribution in [3.63, 3.8) is 0 Å². The van der Waals surface area contributed by atoms with Crippen LogP contribution in [0.5, 0.6) is 0 Å². The van der Waals surface area contributed by atoms with Gasteiger partial charge in [-0.05, 0) is 42.7 Å². The van der Waals surface area contributed by atoms with Crippen molar-refractivity contribution in [2.24, 2.45) is 11.7 Å². The van der Waals surface area contributed by atoms with Crippen LogP contribution in [0.1, 0.15) is 48.6 Å². The van der Waals surface area contributed by atoms with Gasteiger partial charge in [0.2, 0.25) is 0 Å². The average molecular weight is 209 g/mol. The zero-order valence-corrected chi connectivity index (χ0v) is 9.65. The molecule has 1 aliphatic carbocycles. The Morgan fingerprint density at radius 2 is 2.07 bits per heavy atom. The van der Waals surface area contributed by atoms with Gasteiger partial charge in [0.25, 0.3) is 0 Å². The van der Waals surface area contributed by atoms with Crippen molar-refractivity contribution in [2.45, 2.75) is 45.1 Å². The fourth-order valence-corrected chi connectivity index (χ4v) is 3.46. The second kappa shape index (κ2) is 4.45. The van der Waals surface area contributed by atoms with E-state index in [1.165, 1.54) is 42.5 Å². The molecule has 0 saturated heterocycles. The standard InChI is InChI=1S/C12H19NS/c1-9-7-8-14-12(9)11(13)10-5-3-2-4-6-10/h7-8,10-11H,2-6,13H2,1H3. The van der Waals surface area contributed by atoms with Crippen LogP contribution in [-0.2, 0) is 0 Å². The van der Waals surface area contributed by atoms with E-state index in [9.17, 15) is 0 Å². The van der Waals surface area contributed by atoms with Crippen LogP contribution in [0.4, 0.5) is 0 Å². The first-order chi connectivity index (χ1) is 6.79. The van der Waals surface area contributed by atoms with Gasteiger partial charge >= 0.3 is 0 Å². The zero-order valence-electron chi connectivity index (χ0n) is 8.83. The number of hydrogen-bond acceptors (Lipinski definition) is 2. The van der Waals surface area contributed by atoms with Gasteiger partial charge in [0, 0.05) is 10.9 Å². The van der Waals surface area contributed by atoms with E-state index in [0.717, 1.165) is 5.92 Å². The van der Waals surface area contributed by atoms with Crippen molar-refractivity contribution >= 4 is 11.3 Å². The van der Waals surface area contributed by atoms with E-state index in [-0.39, 0.29) is 0 Å². The Morgan fingerprint density at radius 1 is 1.36 bits per heavy atom. The fraction of sp³-hybridized carbons (Fsp3) is 0.667. The molecule has 0 amide bonds. The number of hydrogen-bond donors (Lipinski definition) is 1. The molecule has 1 aromatic rings. The lowest BCUT2D eigenvalue weighted by atomic mass is 9.83. The molecule has 1 aliphatic rings. The Hall–Kier alpha value is -0.340. The minimum atomic E-state index is 0.301. The summed E-state index contributed by atoms with van der Waals surface area (Å²) in [6, 6.07) is 2.48. The molecule has 1 nitrogen and oxygen atoms in total. The van der Waals surface area contributed by atoms with Crippen molar-refractivity contribution in [2.75, 3.05) is 0 Å². The van der Waals surface area contributed by atoms with Crippen LogP contribution >= 0.6 is 11.3 Å². The molecule has 78 valence electrons. The topological polar surface area (TPSA) is 26.0 Å². The van der Waals surface area contributed by atoms with Crippen molar-refractivity contribution in [1.82, 2.24) is 0 Å². The van der Waals surface area contributed by atoms with E-state index in [2.05, 4.69) is 18.4 Å². The van der Waals surface area contributed by atoms with Gasteiger partial charge in [-0.1, -0.05) is 19.3 Å². The van der Waals surface area contributed by atoms with Gasteiger partial charge in [-0.25, -0.2) is 0 Å². The molecule has 1 saturated carbocycles. The van der Waals surface area contributed by atoms with E-state index in [1.807, 2.05) is 11.3 Å². The Morgan fingerprint density at radius 3 is 2.64 bits per heavy atom. The molecule has 0 radical (unpaired) electrons. The van der Waals surface area contributed by atoms with Crippen molar-refractivity contribution in [3.8, 4) is 0 Å². The summed E-state index contributed by atoms with van der Waals surface area (Å²) in [6.07, 6.45) is 6.83. The van der Waals surface area contributed by atoms with E-state index in [4.69, 9.17) is 5.73 Å². The van der Waals surface area contributed by atoms with Crippen molar-refractivity contribution < 1.29 is 0 Å². The highest BCUT2D eigenvalue weighted by Gasteiger charge is 2.23. The third kappa shape index (κ3) is 2.01. The molecule has 2 rings (SSSR count). The summed E-state index contributed by atoms with van der Waals surface area (Å²) in [5.74, 6) is 0.737. The van der Waals surface area contributed by atoms with E-state index >= 15 is 0 Å². The largest absolute Gasteiger partial charge is 0.323 e. The molecule has 0 aliphatic heterocycles. The Bertz CT molecular complexity index is 286. The molecule has 14 heavy (non-hydrogen) atoms. The smallest absolute Gasteiger partial charge is 0.0421 e. The highest BCUT2D eigenvalue weighted by molar-refractivity contribution is 7.10. The number of nitrogens with two attached hydrogens (primary N) is 1. The molecule has 1 unspecified atom stereocenters. The summed E-state index contributed by atoms with van der Waals surface area (Å²) in [6.45, 7) is 2.18. The van der Waals surface area contributed by atoms with E-state index in [0.29, 0.717) is 6.04 Å². The summed E-state index contributed by atoms with van der Waals surface area (Å²) in [5, 5.41) is 2.16. The zero-order chi connectivity index (χ0) is 9.97. The molecule has 1 aromatic heterocycles. The molecular formula is C12H19NS. The summed E-state index contributed by atoms with van der Waals surface area (Å²) >= 11 is 1.83. The van der Waals surface area contributed by atoms with Crippen molar-refractivity contribution in [1.29, 1.82) is 0 Å². The number of thiophene rings is 1. The lowest BCUT2D eigenvalue weighted by Gasteiger charge is -2.27. The molecule has 2 N–H and O–H groups in total. The maximum Gasteiger partial charge on any atom is 0.0421 e. The quantitative estimate of drug-likeness (QED) is 0.790. The molecule has 0 aromatic carbocycles. The van der Waals surface area contributed by atoms with Crippen LogP contribution in [0, 0.1) is 12.8 Å². The van der Waals surface area contributed by atoms with Gasteiger partial charge in [-0.3, -0.25) is 0 Å². The predicted molar refractivity (Wildman–Crippen MR) is 62.6 cm³/mol. The van der Waals surface area contributed by atoms with Crippen LogP contribution in [0.3, 0.4) is 0 Å². The second-order valence-electron chi connectivity index (χ2n) is 4.39. The summed E-state index contributed by atoms with van der Waals surface area (Å²) in [7, 11) is 0. The maximum atomic E-state index is 6.33. The first-order valence-corrected chi connectivity index (χ1v) is 6.46. The number of aryl methyl sites for hydroxylation is 1. The predicted octanol–water partition coefficient (Wildman–Crippen LogP) is 3.64. The van der Waals surface area contributed by atoms with Gasteiger partial charge in [0.05, 0.1) is 0 Å². The molecule has 1 fully saturated rings. The first-order valence-electron chi connectivity index (χ1n) is 5.58. The minimum Gasteiger partial charge on any atom is -0.323 e. The van der Waals surface area contributed by atoms with Crippen LogP contribution in [0.15, 0.2) is 11.4 Å². The lowest BCUT2D eigenvalue weighted by molar-refractivity contribution is 0.310. The highest BCUT2D eigenvalue weighted by Crippen LogP contribution is 2.35. The molecule has 0 bridgehead atoms. The van der Waals surface area contributed by atoms with Gasteiger partial charge in [-0.2, -0.15) is 0 Å². The Kier molecular flexibility index (Phi) is 3.24. The first kappa shape index (κ1) is 10.2. The lowest BCUT2D eigenvalue weighted by Crippen LogP contribution is -2.23. The van der Waals surface area contributed by atoms with Crippen LogP contribution in [0.2, 0.25) is 0 Å². The van der Waals surface area contributed by atoms with Crippen LogP contribution in [0.25, 0.3) is 0 Å². The van der Waals surface area contributed by atoms with E-state index < -0.39 is 0 Å². The van der Waals surface area contributed by atoms with Gasteiger partial charge < -0.3 is 5.73 Å². The van der Waals surface area contributed by atoms with Gasteiger partial charge in [-0.15, -0.1) is 11.3 Å². The summed E-state index contributed by atoms with van der Waals surface area (Å²) in [5.41, 5.74) is 7.71. The summed E-state index contributed by atoms with van der Waals surface area (Å²) < 4.78 is 0. The fourth-order valence-electron chi connectivity index (χ4n) is 2.43. The number of rotatable bonds is 2. The molecule has 2 heteroatoms. The van der Waals surface area contributed by atoms with Gasteiger partial charge in [0.1, 0.15) is 0 Å². The third-order valence-electron chi connectivity index (χ3n) is 3.36. The van der Waals surface area contributed by atoms with Gasteiger partial charge in [0.15, 0.2) is 0 Å². The van der Waals surface area contributed by atoms with Crippen LogP contribution < -0.4 is 5.73 Å². The normalized spacial score (nSPS) is 21.0. The summed E-state index contributed by atoms with van der Waals surface area (Å²) in [4.78, 5) is 1.41. The highest BCUT2D eigenvalue weighted by atomic mass is 32.1. The molecular weight excluding hydrogens is 190 g/mol. The van der Waals surface area contributed by atoms with Crippen molar-refractivity contribution in [3.05, 3.63) is 21.9 Å². The molecule has 0 spiro atoms. The average Bonchev–Trinajstić information content (AvgIpc) is 2.65. The maximum absolute atomic E-state index is 6.33. The Balaban J connectivity index is 2.07. The van der Waals surface area contributed by atoms with Crippen LogP contribution in [-0.4, -0.2) is 0 Å². The monoisotopic (exact) mass is 209 g/mol. The Labute approximate surface area is 90.3 Å². The van der Waals surface area contributed by atoms with E-state index in [1.54, 1.807) is 0 Å². The molecule has 1 heterocycles. The third-order valence-corrected chi connectivity index (χ3v) is 4.48.